The number of hydrogen-bond donors (Lipinski definition) is 1. The summed E-state index contributed by atoms with van der Waals surface area (Å²) in [5, 5.41) is 3.35. The Kier molecular flexibility index (Phi) is 8.64. The summed E-state index contributed by atoms with van der Waals surface area (Å²) in [6.45, 7) is 10.6. The Hall–Kier alpha value is -1.20. The second kappa shape index (κ2) is 9.95. The van der Waals surface area contributed by atoms with Gasteiger partial charge in [0.25, 0.3) is 0 Å². The van der Waals surface area contributed by atoms with Gasteiger partial charge in [-0.1, -0.05) is 19.1 Å². The van der Waals surface area contributed by atoms with Crippen LogP contribution in [-0.4, -0.2) is 27.6 Å². The maximum Gasteiger partial charge on any atom is 0.223 e. The molecular weight excluding hydrogens is 377 g/mol. The summed E-state index contributed by atoms with van der Waals surface area (Å²) >= 11 is 0. The zero-order valence-electron chi connectivity index (χ0n) is 15.1. The number of nitrogens with one attached hydrogen (secondary N) is 1. The number of benzene rings is 1. The molecule has 0 aliphatic heterocycles. The van der Waals surface area contributed by atoms with Crippen molar-refractivity contribution in [2.45, 2.75) is 47.1 Å². The van der Waals surface area contributed by atoms with Gasteiger partial charge in [-0.25, -0.2) is 4.98 Å². The van der Waals surface area contributed by atoms with E-state index in [9.17, 15) is 0 Å². The summed E-state index contributed by atoms with van der Waals surface area (Å²) in [5.74, 6) is 4.01. The third-order valence-corrected chi connectivity index (χ3v) is 3.46. The monoisotopic (exact) mass is 402 g/mol. The van der Waals surface area contributed by atoms with Crippen molar-refractivity contribution in [1.29, 1.82) is 0 Å². The van der Waals surface area contributed by atoms with Crippen LogP contribution in [0.1, 0.15) is 44.4 Å². The molecular formula is C18H25N4OY-. The molecule has 0 spiro atoms. The van der Waals surface area contributed by atoms with Crippen molar-refractivity contribution in [3.63, 3.8) is 0 Å². The van der Waals surface area contributed by atoms with Crippen LogP contribution >= 0.6 is 0 Å². The molecule has 0 fully saturated rings. The molecule has 1 N–H and O–H groups in total. The zero-order valence-corrected chi connectivity index (χ0v) is 18.0. The largest absolute Gasteiger partial charge is 0.491 e. The number of hydrogen-bond acceptors (Lipinski definition) is 5. The first-order valence-electron chi connectivity index (χ1n) is 7.97. The maximum absolute atomic E-state index is 5.88. The van der Waals surface area contributed by atoms with Crippen LogP contribution in [0.5, 0.6) is 5.75 Å². The van der Waals surface area contributed by atoms with Crippen molar-refractivity contribution in [2.75, 3.05) is 11.9 Å². The van der Waals surface area contributed by atoms with Crippen molar-refractivity contribution in [1.82, 2.24) is 15.0 Å². The molecule has 0 saturated heterocycles. The smallest absolute Gasteiger partial charge is 0.223 e. The van der Waals surface area contributed by atoms with Crippen LogP contribution in [0.4, 0.5) is 5.95 Å². The Bertz CT molecular complexity index is 649. The van der Waals surface area contributed by atoms with Gasteiger partial charge in [-0.15, -0.1) is 0 Å². The van der Waals surface area contributed by atoms with E-state index in [-0.39, 0.29) is 38.8 Å². The fourth-order valence-corrected chi connectivity index (χ4v) is 2.12. The van der Waals surface area contributed by atoms with E-state index in [1.165, 1.54) is 5.56 Å². The van der Waals surface area contributed by atoms with E-state index in [0.29, 0.717) is 18.4 Å². The molecule has 127 valence electrons. The van der Waals surface area contributed by atoms with E-state index in [0.717, 1.165) is 23.9 Å². The van der Waals surface area contributed by atoms with Crippen molar-refractivity contribution < 1.29 is 37.4 Å². The van der Waals surface area contributed by atoms with Gasteiger partial charge in [-0.3, -0.25) is 4.98 Å². The molecule has 0 saturated carbocycles. The van der Waals surface area contributed by atoms with Gasteiger partial charge >= 0.3 is 0 Å². The van der Waals surface area contributed by atoms with E-state index in [2.05, 4.69) is 40.2 Å². The fourth-order valence-electron chi connectivity index (χ4n) is 2.12. The van der Waals surface area contributed by atoms with Gasteiger partial charge in [0.2, 0.25) is 5.95 Å². The van der Waals surface area contributed by atoms with Crippen molar-refractivity contribution >= 4 is 5.95 Å². The van der Waals surface area contributed by atoms with Gasteiger partial charge in [-0.2, -0.15) is 18.8 Å². The van der Waals surface area contributed by atoms with Gasteiger partial charge in [0, 0.05) is 38.5 Å². The van der Waals surface area contributed by atoms with E-state index in [1.54, 1.807) is 0 Å². The van der Waals surface area contributed by atoms with E-state index in [4.69, 9.17) is 4.74 Å². The quantitative estimate of drug-likeness (QED) is 0.716. The van der Waals surface area contributed by atoms with Gasteiger partial charge in [0.05, 0.1) is 6.04 Å². The normalized spacial score (nSPS) is 11.4. The summed E-state index contributed by atoms with van der Waals surface area (Å²) < 4.78 is 5.88. The average Bonchev–Trinajstić information content (AvgIpc) is 2.51. The Labute approximate surface area is 169 Å². The number of nitrogens with zero attached hydrogens (tertiary/aromatic N) is 3. The standard InChI is InChI=1S/C18H25N4O.Y/c1-6-15(11-23-16-9-7-8-13(4)10-16)21-18-20-14(5)19-17(22-18)12(2)3;/h7-10,15H,6,11H2,1-5H3,(H,19,20,21,22);/q-1;. The molecule has 1 aromatic carbocycles. The van der Waals surface area contributed by atoms with Crippen molar-refractivity contribution in [2.24, 2.45) is 0 Å². The predicted molar refractivity (Wildman–Crippen MR) is 92.6 cm³/mol. The minimum atomic E-state index is 0. The summed E-state index contributed by atoms with van der Waals surface area (Å²) in [5.41, 5.74) is 1.19. The summed E-state index contributed by atoms with van der Waals surface area (Å²) in [7, 11) is 0. The third-order valence-electron chi connectivity index (χ3n) is 3.46. The van der Waals surface area contributed by atoms with E-state index < -0.39 is 0 Å². The molecule has 2 rings (SSSR count). The first-order valence-corrected chi connectivity index (χ1v) is 7.97. The van der Waals surface area contributed by atoms with Crippen molar-refractivity contribution in [3.8, 4) is 5.75 Å². The van der Waals surface area contributed by atoms with Crippen LogP contribution in [0.2, 0.25) is 0 Å². The summed E-state index contributed by atoms with van der Waals surface area (Å²) in [6, 6.07) is 8.21. The topological polar surface area (TPSA) is 59.9 Å². The Morgan fingerprint density at radius 3 is 2.54 bits per heavy atom. The van der Waals surface area contributed by atoms with Crippen LogP contribution in [0.15, 0.2) is 24.3 Å². The molecule has 24 heavy (non-hydrogen) atoms. The molecule has 6 heteroatoms. The van der Waals surface area contributed by atoms with Crippen LogP contribution in [0, 0.1) is 19.8 Å². The van der Waals surface area contributed by atoms with Gasteiger partial charge < -0.3 is 16.0 Å². The zero-order chi connectivity index (χ0) is 16.8. The summed E-state index contributed by atoms with van der Waals surface area (Å²) in [4.78, 5) is 13.2. The van der Waals surface area contributed by atoms with Crippen LogP contribution in [0.25, 0.3) is 0 Å². The predicted octanol–water partition coefficient (Wildman–Crippen LogP) is 3.72. The molecule has 1 radical (unpaired) electrons. The molecule has 0 amide bonds. The Morgan fingerprint density at radius 1 is 1.17 bits per heavy atom. The number of aryl methyl sites for hydroxylation is 2. The Morgan fingerprint density at radius 2 is 1.92 bits per heavy atom. The first kappa shape index (κ1) is 20.8. The number of aromatic nitrogens is 3. The Balaban J connectivity index is 0.00000288. The molecule has 1 atom stereocenters. The number of ether oxygens (including phenoxy) is 1. The van der Waals surface area contributed by atoms with Crippen molar-refractivity contribution in [3.05, 3.63) is 47.4 Å². The second-order valence-electron chi connectivity index (χ2n) is 5.91. The number of rotatable bonds is 7. The van der Waals surface area contributed by atoms with E-state index >= 15 is 0 Å². The van der Waals surface area contributed by atoms with Crippen LogP contribution < -0.4 is 10.1 Å². The van der Waals surface area contributed by atoms with Crippen LogP contribution in [-0.2, 0) is 32.7 Å². The van der Waals surface area contributed by atoms with Gasteiger partial charge in [-0.05, 0) is 38.0 Å². The number of anilines is 1. The third kappa shape index (κ3) is 6.36. The van der Waals surface area contributed by atoms with Gasteiger partial charge in [0.15, 0.2) is 0 Å². The summed E-state index contributed by atoms with van der Waals surface area (Å²) in [6.07, 6.45) is 0.917. The molecule has 1 heterocycles. The molecule has 2 aromatic rings. The SMILES string of the molecule is CCC(COc1cccc(C)c1)Nc1nc(C)nc([C-](C)C)n1.[Y]. The second-order valence-corrected chi connectivity index (χ2v) is 5.91. The molecule has 0 aliphatic rings. The fraction of sp³-hybridized carbons (Fsp3) is 0.444. The average molecular weight is 402 g/mol. The molecule has 1 unspecified atom stereocenters. The van der Waals surface area contributed by atoms with E-state index in [1.807, 2.05) is 39.0 Å². The molecule has 0 bridgehead atoms. The first-order chi connectivity index (χ1) is 11.0. The molecule has 0 aliphatic carbocycles. The molecule has 5 nitrogen and oxygen atoms in total. The minimum absolute atomic E-state index is 0. The maximum atomic E-state index is 5.88. The van der Waals surface area contributed by atoms with Gasteiger partial charge in [0.1, 0.15) is 18.2 Å². The minimum Gasteiger partial charge on any atom is -0.491 e. The molecule has 1 aromatic heterocycles. The van der Waals surface area contributed by atoms with Crippen LogP contribution in [0.3, 0.4) is 0 Å².